The molecule has 1 heterocycles. The number of nitrogens with one attached hydrogen (secondary N) is 3. The third-order valence-corrected chi connectivity index (χ3v) is 5.18. The van der Waals surface area contributed by atoms with E-state index in [-0.39, 0.29) is 0 Å². The molecule has 172 valence electrons. The normalized spacial score (nSPS) is 11.5. The SMILES string of the molecule is CCNC(=NCc1cc(OC)c(OCC)c(OC)c1)NCCc1c[nH]c2cc(C)ccc12. The number of guanidine groups is 1. The smallest absolute Gasteiger partial charge is 0.203 e. The molecular formula is C25H34N4O3. The number of methoxy groups -OCH3 is 2. The Kier molecular flexibility index (Phi) is 8.25. The van der Waals surface area contributed by atoms with E-state index in [0.717, 1.165) is 31.0 Å². The van der Waals surface area contributed by atoms with Gasteiger partial charge in [-0.15, -0.1) is 0 Å². The van der Waals surface area contributed by atoms with Crippen LogP contribution in [0.2, 0.25) is 0 Å². The molecule has 0 spiro atoms. The van der Waals surface area contributed by atoms with Crippen LogP contribution in [0.3, 0.4) is 0 Å². The molecule has 32 heavy (non-hydrogen) atoms. The first-order chi connectivity index (χ1) is 15.6. The van der Waals surface area contributed by atoms with Gasteiger partial charge in [0.05, 0.1) is 27.4 Å². The van der Waals surface area contributed by atoms with Crippen molar-refractivity contribution in [3.8, 4) is 17.2 Å². The molecule has 0 aliphatic rings. The van der Waals surface area contributed by atoms with Crippen molar-refractivity contribution in [1.29, 1.82) is 0 Å². The lowest BCUT2D eigenvalue weighted by atomic mass is 10.1. The molecule has 3 N–H and O–H groups in total. The fourth-order valence-electron chi connectivity index (χ4n) is 3.65. The summed E-state index contributed by atoms with van der Waals surface area (Å²) in [4.78, 5) is 8.10. The van der Waals surface area contributed by atoms with Crippen molar-refractivity contribution in [2.75, 3.05) is 33.9 Å². The van der Waals surface area contributed by atoms with Gasteiger partial charge in [-0.05, 0) is 62.1 Å². The van der Waals surface area contributed by atoms with E-state index in [0.29, 0.717) is 30.4 Å². The third kappa shape index (κ3) is 5.66. The van der Waals surface area contributed by atoms with Crippen LogP contribution in [-0.4, -0.2) is 44.9 Å². The quantitative estimate of drug-likeness (QED) is 0.327. The Morgan fingerprint density at radius 3 is 2.44 bits per heavy atom. The number of aryl methyl sites for hydroxylation is 1. The molecule has 0 fully saturated rings. The summed E-state index contributed by atoms with van der Waals surface area (Å²) < 4.78 is 16.7. The highest BCUT2D eigenvalue weighted by Gasteiger charge is 2.14. The molecule has 7 nitrogen and oxygen atoms in total. The summed E-state index contributed by atoms with van der Waals surface area (Å²) in [6.45, 7) is 8.69. The van der Waals surface area contributed by atoms with Crippen LogP contribution in [0.1, 0.15) is 30.5 Å². The standard InChI is InChI=1S/C25H34N4O3/c1-6-26-25(27-11-10-19-16-28-21-12-17(3)8-9-20(19)21)29-15-18-13-22(30-4)24(32-7-2)23(14-18)31-5/h8-9,12-14,16,28H,6-7,10-11,15H2,1-5H3,(H2,26,27,29). The van der Waals surface area contributed by atoms with Gasteiger partial charge in [-0.25, -0.2) is 4.99 Å². The number of ether oxygens (including phenoxy) is 3. The Morgan fingerprint density at radius 1 is 1.03 bits per heavy atom. The van der Waals surface area contributed by atoms with Gasteiger partial charge < -0.3 is 29.8 Å². The van der Waals surface area contributed by atoms with Crippen LogP contribution in [0.15, 0.2) is 41.5 Å². The second-order valence-electron chi connectivity index (χ2n) is 7.50. The molecule has 2 aromatic carbocycles. The van der Waals surface area contributed by atoms with Crippen LogP contribution >= 0.6 is 0 Å². The number of nitrogens with zero attached hydrogens (tertiary/aromatic N) is 1. The minimum Gasteiger partial charge on any atom is -0.493 e. The summed E-state index contributed by atoms with van der Waals surface area (Å²) in [5, 5.41) is 8.01. The second-order valence-corrected chi connectivity index (χ2v) is 7.50. The largest absolute Gasteiger partial charge is 0.493 e. The average molecular weight is 439 g/mol. The second kappa shape index (κ2) is 11.3. The van der Waals surface area contributed by atoms with Crippen molar-refractivity contribution in [1.82, 2.24) is 15.6 Å². The van der Waals surface area contributed by atoms with E-state index in [1.807, 2.05) is 19.1 Å². The van der Waals surface area contributed by atoms with Crippen LogP contribution in [-0.2, 0) is 13.0 Å². The number of aliphatic imine (C=N–C) groups is 1. The predicted molar refractivity (Wildman–Crippen MR) is 130 cm³/mol. The minimum atomic E-state index is 0.487. The Hall–Kier alpha value is -3.35. The molecule has 3 rings (SSSR count). The van der Waals surface area contributed by atoms with Crippen LogP contribution < -0.4 is 24.8 Å². The Balaban J connectivity index is 1.68. The molecule has 3 aromatic rings. The van der Waals surface area contributed by atoms with Gasteiger partial charge in [0, 0.05) is 30.2 Å². The van der Waals surface area contributed by atoms with Crippen molar-refractivity contribution < 1.29 is 14.2 Å². The molecule has 0 aliphatic carbocycles. The third-order valence-electron chi connectivity index (χ3n) is 5.18. The average Bonchev–Trinajstić information content (AvgIpc) is 3.19. The topological polar surface area (TPSA) is 79.9 Å². The van der Waals surface area contributed by atoms with E-state index in [9.17, 15) is 0 Å². The number of rotatable bonds is 10. The zero-order chi connectivity index (χ0) is 22.9. The zero-order valence-electron chi connectivity index (χ0n) is 19.7. The van der Waals surface area contributed by atoms with Gasteiger partial charge in [-0.3, -0.25) is 0 Å². The number of fused-ring (bicyclic) bond motifs is 1. The molecule has 0 saturated carbocycles. The molecule has 0 radical (unpaired) electrons. The summed E-state index contributed by atoms with van der Waals surface area (Å²) in [6.07, 6.45) is 2.99. The molecule has 0 unspecified atom stereocenters. The number of hydrogen-bond acceptors (Lipinski definition) is 4. The lowest BCUT2D eigenvalue weighted by Crippen LogP contribution is -2.38. The van der Waals surface area contributed by atoms with Crippen LogP contribution in [0.4, 0.5) is 0 Å². The Labute approximate surface area is 190 Å². The molecule has 1 aromatic heterocycles. The van der Waals surface area contributed by atoms with E-state index in [1.165, 1.54) is 22.0 Å². The maximum absolute atomic E-state index is 5.68. The fraction of sp³-hybridized carbons (Fsp3) is 0.400. The van der Waals surface area contributed by atoms with E-state index in [2.05, 4.69) is 53.9 Å². The molecular weight excluding hydrogens is 404 g/mol. The van der Waals surface area contributed by atoms with Gasteiger partial charge in [0.25, 0.3) is 0 Å². The van der Waals surface area contributed by atoms with Gasteiger partial charge in [-0.2, -0.15) is 0 Å². The maximum Gasteiger partial charge on any atom is 0.203 e. The lowest BCUT2D eigenvalue weighted by Gasteiger charge is -2.15. The van der Waals surface area contributed by atoms with E-state index in [1.54, 1.807) is 14.2 Å². The van der Waals surface area contributed by atoms with Crippen molar-refractivity contribution in [2.24, 2.45) is 4.99 Å². The minimum absolute atomic E-state index is 0.487. The molecule has 7 heteroatoms. The number of H-pyrrole nitrogens is 1. The van der Waals surface area contributed by atoms with Gasteiger partial charge >= 0.3 is 0 Å². The fourth-order valence-corrected chi connectivity index (χ4v) is 3.65. The number of benzene rings is 2. The van der Waals surface area contributed by atoms with E-state index in [4.69, 9.17) is 19.2 Å². The van der Waals surface area contributed by atoms with Crippen molar-refractivity contribution in [3.63, 3.8) is 0 Å². The summed E-state index contributed by atoms with van der Waals surface area (Å²) in [5.41, 5.74) is 4.71. The Bertz CT molecular complexity index is 1030. The van der Waals surface area contributed by atoms with E-state index < -0.39 is 0 Å². The predicted octanol–water partition coefficient (Wildman–Crippen LogP) is 4.19. The highest BCUT2D eigenvalue weighted by atomic mass is 16.5. The van der Waals surface area contributed by atoms with Gasteiger partial charge in [-0.1, -0.05) is 12.1 Å². The first kappa shape index (κ1) is 23.3. The van der Waals surface area contributed by atoms with Gasteiger partial charge in [0.1, 0.15) is 0 Å². The van der Waals surface area contributed by atoms with Gasteiger partial charge in [0.2, 0.25) is 5.75 Å². The first-order valence-electron chi connectivity index (χ1n) is 11.1. The van der Waals surface area contributed by atoms with E-state index >= 15 is 0 Å². The molecule has 0 bridgehead atoms. The molecule has 0 amide bonds. The summed E-state index contributed by atoms with van der Waals surface area (Å²) in [5.74, 6) is 2.67. The highest BCUT2D eigenvalue weighted by molar-refractivity contribution is 5.84. The van der Waals surface area contributed by atoms with Crippen LogP contribution in [0.25, 0.3) is 10.9 Å². The van der Waals surface area contributed by atoms with Crippen molar-refractivity contribution in [3.05, 3.63) is 53.2 Å². The van der Waals surface area contributed by atoms with Crippen molar-refractivity contribution in [2.45, 2.75) is 33.7 Å². The summed E-state index contributed by atoms with van der Waals surface area (Å²) in [6, 6.07) is 10.4. The molecule has 0 aliphatic heterocycles. The molecule has 0 saturated heterocycles. The van der Waals surface area contributed by atoms with Crippen LogP contribution in [0.5, 0.6) is 17.2 Å². The molecule has 0 atom stereocenters. The highest BCUT2D eigenvalue weighted by Crippen LogP contribution is 2.38. The Morgan fingerprint density at radius 2 is 1.78 bits per heavy atom. The maximum atomic E-state index is 5.68. The number of aromatic amines is 1. The van der Waals surface area contributed by atoms with Crippen LogP contribution in [0, 0.1) is 6.92 Å². The first-order valence-corrected chi connectivity index (χ1v) is 11.1. The lowest BCUT2D eigenvalue weighted by molar-refractivity contribution is 0.288. The number of aromatic nitrogens is 1. The zero-order valence-corrected chi connectivity index (χ0v) is 19.7. The monoisotopic (exact) mass is 438 g/mol. The summed E-state index contributed by atoms with van der Waals surface area (Å²) >= 11 is 0. The van der Waals surface area contributed by atoms with Gasteiger partial charge in [0.15, 0.2) is 17.5 Å². The number of hydrogen-bond donors (Lipinski definition) is 3. The van der Waals surface area contributed by atoms with Crippen molar-refractivity contribution >= 4 is 16.9 Å². The summed E-state index contributed by atoms with van der Waals surface area (Å²) in [7, 11) is 3.25.